The van der Waals surface area contributed by atoms with E-state index in [0.717, 1.165) is 5.56 Å². The molecular formula is C10H11O3. The fourth-order valence-corrected chi connectivity index (χ4v) is 1.17. The Labute approximate surface area is 77.3 Å². The highest BCUT2D eigenvalue weighted by Crippen LogP contribution is 2.27. The summed E-state index contributed by atoms with van der Waals surface area (Å²) in [6, 6.07) is 5.39. The molecule has 0 aliphatic rings. The maximum Gasteiger partial charge on any atom is 0.203 e. The molecule has 1 aromatic rings. The zero-order valence-corrected chi connectivity index (χ0v) is 7.66. The smallest absolute Gasteiger partial charge is 0.203 e. The molecule has 1 radical (unpaired) electrons. The van der Waals surface area contributed by atoms with Crippen LogP contribution in [0.2, 0.25) is 0 Å². The lowest BCUT2D eigenvalue weighted by Crippen LogP contribution is -1.97. The number of hydrogen-bond donors (Lipinski definition) is 0. The number of ether oxygens (including phenoxy) is 2. The van der Waals surface area contributed by atoms with Crippen LogP contribution in [0, 0.1) is 0 Å². The summed E-state index contributed by atoms with van der Waals surface area (Å²) in [6.07, 6.45) is 2.01. The minimum absolute atomic E-state index is 0.188. The maximum atomic E-state index is 10.3. The predicted molar refractivity (Wildman–Crippen MR) is 48.9 cm³/mol. The van der Waals surface area contributed by atoms with Crippen molar-refractivity contribution in [3.05, 3.63) is 23.8 Å². The minimum Gasteiger partial charge on any atom is -0.496 e. The Balaban J connectivity index is 3.12. The van der Waals surface area contributed by atoms with E-state index in [1.54, 1.807) is 26.4 Å². The van der Waals surface area contributed by atoms with Gasteiger partial charge in [-0.15, -0.1) is 0 Å². The number of benzene rings is 1. The molecule has 0 heterocycles. The number of hydrogen-bond acceptors (Lipinski definition) is 3. The molecule has 0 saturated carbocycles. The molecule has 0 spiro atoms. The van der Waals surface area contributed by atoms with E-state index >= 15 is 0 Å². The summed E-state index contributed by atoms with van der Waals surface area (Å²) in [5, 5.41) is 0. The number of rotatable bonds is 4. The van der Waals surface area contributed by atoms with Gasteiger partial charge in [0.15, 0.2) is 0 Å². The maximum absolute atomic E-state index is 10.3. The second-order valence-electron chi connectivity index (χ2n) is 2.46. The molecule has 13 heavy (non-hydrogen) atoms. The summed E-state index contributed by atoms with van der Waals surface area (Å²) in [6.45, 7) is 0. The van der Waals surface area contributed by atoms with Gasteiger partial charge in [-0.05, 0) is 12.1 Å². The number of carbonyl (C=O) groups excluding carboxylic acids is 1. The van der Waals surface area contributed by atoms with Crippen molar-refractivity contribution in [1.82, 2.24) is 0 Å². The monoisotopic (exact) mass is 179 g/mol. The Kier molecular flexibility index (Phi) is 3.31. The van der Waals surface area contributed by atoms with Gasteiger partial charge in [-0.3, -0.25) is 4.79 Å². The van der Waals surface area contributed by atoms with Crippen molar-refractivity contribution in [2.75, 3.05) is 14.2 Å². The summed E-state index contributed by atoms with van der Waals surface area (Å²) in [5.41, 5.74) is 0.738. The third-order valence-electron chi connectivity index (χ3n) is 1.78. The van der Waals surface area contributed by atoms with Crippen LogP contribution in [0.15, 0.2) is 18.2 Å². The van der Waals surface area contributed by atoms with Crippen LogP contribution in [0.25, 0.3) is 0 Å². The molecule has 0 N–H and O–H groups in total. The molecule has 69 valence electrons. The Bertz CT molecular complexity index is 272. The normalized spacial score (nSPS) is 9.38. The second kappa shape index (κ2) is 4.50. The highest BCUT2D eigenvalue weighted by molar-refractivity contribution is 5.61. The quantitative estimate of drug-likeness (QED) is 0.700. The van der Waals surface area contributed by atoms with Crippen LogP contribution in [-0.4, -0.2) is 20.5 Å². The van der Waals surface area contributed by atoms with Crippen LogP contribution in [0.4, 0.5) is 0 Å². The van der Waals surface area contributed by atoms with E-state index in [1.165, 1.54) is 0 Å². The second-order valence-corrected chi connectivity index (χ2v) is 2.46. The van der Waals surface area contributed by atoms with Gasteiger partial charge < -0.3 is 9.47 Å². The van der Waals surface area contributed by atoms with Crippen molar-refractivity contribution in [3.63, 3.8) is 0 Å². The molecule has 0 aliphatic carbocycles. The summed E-state index contributed by atoms with van der Waals surface area (Å²) in [4.78, 5) is 10.3. The highest BCUT2D eigenvalue weighted by Gasteiger charge is 2.08. The van der Waals surface area contributed by atoms with Crippen LogP contribution >= 0.6 is 0 Å². The van der Waals surface area contributed by atoms with Crippen molar-refractivity contribution >= 4 is 6.29 Å². The van der Waals surface area contributed by atoms with E-state index in [0.29, 0.717) is 11.5 Å². The highest BCUT2D eigenvalue weighted by atomic mass is 16.5. The van der Waals surface area contributed by atoms with Gasteiger partial charge in [0, 0.05) is 12.0 Å². The number of methoxy groups -OCH3 is 2. The molecule has 0 atom stereocenters. The van der Waals surface area contributed by atoms with Gasteiger partial charge in [0.25, 0.3) is 0 Å². The fraction of sp³-hybridized carbons (Fsp3) is 0.300. The summed E-state index contributed by atoms with van der Waals surface area (Å²) < 4.78 is 10.2. The van der Waals surface area contributed by atoms with Crippen molar-refractivity contribution in [3.8, 4) is 11.5 Å². The molecule has 0 aromatic heterocycles. The van der Waals surface area contributed by atoms with E-state index in [4.69, 9.17) is 9.47 Å². The van der Waals surface area contributed by atoms with E-state index in [2.05, 4.69) is 0 Å². The van der Waals surface area contributed by atoms with Gasteiger partial charge in [-0.1, -0.05) is 6.07 Å². The third kappa shape index (κ3) is 1.99. The molecule has 3 nitrogen and oxygen atoms in total. The van der Waals surface area contributed by atoms with Gasteiger partial charge >= 0.3 is 0 Å². The van der Waals surface area contributed by atoms with Crippen LogP contribution in [0.5, 0.6) is 11.5 Å². The van der Waals surface area contributed by atoms with Gasteiger partial charge in [-0.2, -0.15) is 0 Å². The summed E-state index contributed by atoms with van der Waals surface area (Å²) in [7, 11) is 3.12. The average molecular weight is 179 g/mol. The van der Waals surface area contributed by atoms with Crippen LogP contribution in [-0.2, 0) is 11.2 Å². The summed E-state index contributed by atoms with van der Waals surface area (Å²) in [5.74, 6) is 1.31. The lowest BCUT2D eigenvalue weighted by atomic mass is 10.1. The van der Waals surface area contributed by atoms with E-state index in [1.807, 2.05) is 12.4 Å². The predicted octanol–water partition coefficient (Wildman–Crippen LogP) is 1.36. The molecule has 0 saturated heterocycles. The topological polar surface area (TPSA) is 35.5 Å². The molecular weight excluding hydrogens is 168 g/mol. The van der Waals surface area contributed by atoms with Crippen LogP contribution < -0.4 is 9.47 Å². The van der Waals surface area contributed by atoms with E-state index < -0.39 is 0 Å². The molecule has 0 bridgehead atoms. The Morgan fingerprint density at radius 2 is 1.77 bits per heavy atom. The Morgan fingerprint density at radius 3 is 2.15 bits per heavy atom. The standard InChI is InChI=1S/C10H11O3/c1-12-9-4-3-5-10(13-2)8(9)6-7-11/h3-5H,6H2,1-2H3. The first-order valence-corrected chi connectivity index (χ1v) is 3.88. The fourth-order valence-electron chi connectivity index (χ4n) is 1.17. The molecule has 1 rings (SSSR count). The van der Waals surface area contributed by atoms with Crippen molar-refractivity contribution < 1.29 is 14.3 Å². The van der Waals surface area contributed by atoms with Gasteiger partial charge in [0.05, 0.1) is 14.2 Å². The Morgan fingerprint density at radius 1 is 1.23 bits per heavy atom. The lowest BCUT2D eigenvalue weighted by Gasteiger charge is -2.09. The molecule has 1 aromatic carbocycles. The van der Waals surface area contributed by atoms with Gasteiger partial charge in [0.1, 0.15) is 11.5 Å². The third-order valence-corrected chi connectivity index (χ3v) is 1.78. The SMILES string of the molecule is COc1cccc(OC)c1C[C]=O. The zero-order valence-electron chi connectivity index (χ0n) is 7.66. The lowest BCUT2D eigenvalue weighted by molar-refractivity contribution is 0.387. The largest absolute Gasteiger partial charge is 0.496 e. The van der Waals surface area contributed by atoms with Gasteiger partial charge in [0.2, 0.25) is 6.29 Å². The first-order valence-electron chi connectivity index (χ1n) is 3.88. The van der Waals surface area contributed by atoms with Crippen molar-refractivity contribution in [1.29, 1.82) is 0 Å². The van der Waals surface area contributed by atoms with E-state index in [9.17, 15) is 4.79 Å². The molecule has 0 fully saturated rings. The van der Waals surface area contributed by atoms with Gasteiger partial charge in [-0.25, -0.2) is 0 Å². The minimum atomic E-state index is 0.188. The van der Waals surface area contributed by atoms with Crippen molar-refractivity contribution in [2.24, 2.45) is 0 Å². The first kappa shape index (κ1) is 9.58. The van der Waals surface area contributed by atoms with E-state index in [-0.39, 0.29) is 6.42 Å². The molecule has 3 heteroatoms. The molecule has 0 aliphatic heterocycles. The molecule has 0 amide bonds. The zero-order chi connectivity index (χ0) is 9.68. The average Bonchev–Trinajstić information content (AvgIpc) is 2.18. The van der Waals surface area contributed by atoms with Crippen LogP contribution in [0.1, 0.15) is 5.56 Å². The molecule has 0 unspecified atom stereocenters. The summed E-state index contributed by atoms with van der Waals surface area (Å²) >= 11 is 0. The Hall–Kier alpha value is -1.51. The first-order chi connectivity index (χ1) is 6.33. The van der Waals surface area contributed by atoms with Crippen LogP contribution in [0.3, 0.4) is 0 Å². The van der Waals surface area contributed by atoms with Crippen molar-refractivity contribution in [2.45, 2.75) is 6.42 Å².